The number of carbonyl (C=O) groups is 1. The molecule has 0 saturated carbocycles. The zero-order valence-electron chi connectivity index (χ0n) is 19.2. The summed E-state index contributed by atoms with van der Waals surface area (Å²) in [6.07, 6.45) is -9.00. The van der Waals surface area contributed by atoms with Gasteiger partial charge in [-0.15, -0.1) is 13.2 Å². The predicted octanol–water partition coefficient (Wildman–Crippen LogP) is 6.49. The Kier molecular flexibility index (Phi) is 7.82. The Labute approximate surface area is 222 Å². The lowest BCUT2D eigenvalue weighted by atomic mass is 10.0. The van der Waals surface area contributed by atoms with Crippen LogP contribution in [0.5, 0.6) is 5.75 Å². The number of nitrogens with one attached hydrogen (secondary N) is 1. The van der Waals surface area contributed by atoms with E-state index in [4.69, 9.17) is 0 Å². The first kappa shape index (κ1) is 28.3. The van der Waals surface area contributed by atoms with Gasteiger partial charge in [-0.05, 0) is 64.3 Å². The van der Waals surface area contributed by atoms with E-state index in [1.165, 1.54) is 6.20 Å². The molecule has 1 amide bonds. The lowest BCUT2D eigenvalue weighted by molar-refractivity contribution is -0.274. The fourth-order valence-electron chi connectivity index (χ4n) is 3.89. The van der Waals surface area contributed by atoms with Crippen LogP contribution in [0.15, 0.2) is 59.2 Å². The molecule has 6 nitrogen and oxygen atoms in total. The first-order valence-electron chi connectivity index (χ1n) is 10.9. The maximum atomic E-state index is 13.8. The summed E-state index contributed by atoms with van der Waals surface area (Å²) >= 11 is 3.26. The van der Waals surface area contributed by atoms with Crippen LogP contribution in [0.2, 0.25) is 0 Å². The van der Waals surface area contributed by atoms with Gasteiger partial charge in [0.25, 0.3) is 0 Å². The molecule has 0 spiro atoms. The molecule has 4 aromatic rings. The lowest BCUT2D eigenvalue weighted by Crippen LogP contribution is -2.34. The minimum absolute atomic E-state index is 0.119. The highest BCUT2D eigenvalue weighted by molar-refractivity contribution is 9.10. The molecule has 0 saturated heterocycles. The number of alkyl halides is 6. The molecule has 0 unspecified atom stereocenters. The zero-order valence-corrected chi connectivity index (χ0v) is 20.8. The molecule has 39 heavy (non-hydrogen) atoms. The maximum Gasteiger partial charge on any atom is 0.573 e. The van der Waals surface area contributed by atoms with E-state index in [0.717, 1.165) is 24.3 Å². The van der Waals surface area contributed by atoms with Crippen molar-refractivity contribution in [2.24, 2.45) is 0 Å². The SMILES string of the molecule is O=C(Cn1c(C(F)(F)F)nc2ccc(OC(F)(F)F)cc21)N[C@@H](Cc1cc(F)cc(F)c1)c1ncccc1Br. The van der Waals surface area contributed by atoms with Crippen LogP contribution in [0, 0.1) is 11.6 Å². The predicted molar refractivity (Wildman–Crippen MR) is 124 cm³/mol. The van der Waals surface area contributed by atoms with E-state index in [1.54, 1.807) is 12.1 Å². The molecule has 0 fully saturated rings. The molecule has 0 aliphatic rings. The minimum Gasteiger partial charge on any atom is -0.406 e. The number of rotatable bonds is 7. The van der Waals surface area contributed by atoms with E-state index in [0.29, 0.717) is 21.2 Å². The first-order chi connectivity index (χ1) is 18.2. The summed E-state index contributed by atoms with van der Waals surface area (Å²) in [5.74, 6) is -5.12. The third-order valence-corrected chi connectivity index (χ3v) is 5.99. The Morgan fingerprint density at radius 1 is 1.03 bits per heavy atom. The van der Waals surface area contributed by atoms with E-state index in [1.807, 2.05) is 0 Å². The normalized spacial score (nSPS) is 12.9. The van der Waals surface area contributed by atoms with Gasteiger partial charge in [0.1, 0.15) is 23.9 Å². The number of aromatic nitrogens is 3. The molecule has 0 aliphatic carbocycles. The molecule has 4 rings (SSSR count). The number of nitrogens with zero attached hydrogens (tertiary/aromatic N) is 3. The van der Waals surface area contributed by atoms with Gasteiger partial charge in [0.15, 0.2) is 0 Å². The molecular weight excluding hydrogens is 608 g/mol. The van der Waals surface area contributed by atoms with Crippen LogP contribution in [-0.4, -0.2) is 26.8 Å². The van der Waals surface area contributed by atoms with Crippen LogP contribution in [0.1, 0.15) is 23.1 Å². The van der Waals surface area contributed by atoms with E-state index >= 15 is 0 Å². The number of carbonyl (C=O) groups excluding carboxylic acids is 1. The number of hydrogen-bond acceptors (Lipinski definition) is 4. The lowest BCUT2D eigenvalue weighted by Gasteiger charge is -2.21. The second kappa shape index (κ2) is 10.8. The fraction of sp³-hybridized carbons (Fsp3) is 0.208. The minimum atomic E-state index is -5.11. The maximum absolute atomic E-state index is 13.8. The number of imidazole rings is 1. The van der Waals surface area contributed by atoms with Crippen molar-refractivity contribution in [1.29, 1.82) is 0 Å². The van der Waals surface area contributed by atoms with Crippen molar-refractivity contribution >= 4 is 32.9 Å². The Hall–Kier alpha value is -3.75. The molecule has 1 N–H and O–H groups in total. The molecule has 15 heteroatoms. The summed E-state index contributed by atoms with van der Waals surface area (Å²) in [7, 11) is 0. The van der Waals surface area contributed by atoms with Crippen LogP contribution in [0.4, 0.5) is 35.1 Å². The molecule has 2 aromatic carbocycles. The van der Waals surface area contributed by atoms with Crippen LogP contribution >= 0.6 is 15.9 Å². The molecule has 206 valence electrons. The van der Waals surface area contributed by atoms with E-state index < -0.39 is 59.8 Å². The zero-order chi connectivity index (χ0) is 28.5. The van der Waals surface area contributed by atoms with Crippen LogP contribution in [0.3, 0.4) is 0 Å². The standard InChI is InChI=1S/C24H15BrF8N4O2/c25-16-2-1-5-34-21(16)18(8-12-6-13(26)9-14(27)7-12)35-20(38)11-37-19-10-15(39-24(31,32)33)3-4-17(19)36-22(37)23(28,29)30/h1-7,9-10,18H,8,11H2,(H,35,38)/t18-/m0/s1. The molecule has 2 heterocycles. The molecule has 0 aliphatic heterocycles. The topological polar surface area (TPSA) is 69.0 Å². The van der Waals surface area contributed by atoms with Gasteiger partial charge < -0.3 is 14.6 Å². The van der Waals surface area contributed by atoms with Crippen molar-refractivity contribution in [3.05, 3.63) is 87.9 Å². The summed E-state index contributed by atoms with van der Waals surface area (Å²) in [5.41, 5.74) is -0.442. The summed E-state index contributed by atoms with van der Waals surface area (Å²) in [5, 5.41) is 2.49. The van der Waals surface area contributed by atoms with Gasteiger partial charge in [-0.2, -0.15) is 13.2 Å². The van der Waals surface area contributed by atoms with Gasteiger partial charge in [-0.25, -0.2) is 13.8 Å². The van der Waals surface area contributed by atoms with Gasteiger partial charge in [0.05, 0.1) is 22.8 Å². The van der Waals surface area contributed by atoms with Gasteiger partial charge >= 0.3 is 12.5 Å². The van der Waals surface area contributed by atoms with E-state index in [9.17, 15) is 39.9 Å². The van der Waals surface area contributed by atoms with Gasteiger partial charge in [-0.3, -0.25) is 9.78 Å². The van der Waals surface area contributed by atoms with E-state index in [-0.39, 0.29) is 23.2 Å². The molecule has 0 bridgehead atoms. The number of pyridine rings is 1. The van der Waals surface area contributed by atoms with Crippen LogP contribution in [0.25, 0.3) is 11.0 Å². The van der Waals surface area contributed by atoms with Crippen molar-refractivity contribution < 1.29 is 44.7 Å². The molecular formula is C24H15BrF8N4O2. The van der Waals surface area contributed by atoms with Crippen LogP contribution in [-0.2, 0) is 23.9 Å². The van der Waals surface area contributed by atoms with Crippen molar-refractivity contribution in [1.82, 2.24) is 19.9 Å². The number of benzene rings is 2. The van der Waals surface area contributed by atoms with E-state index in [2.05, 4.69) is 36.0 Å². The quantitative estimate of drug-likeness (QED) is 0.239. The Morgan fingerprint density at radius 3 is 2.33 bits per heavy atom. The van der Waals surface area contributed by atoms with Gasteiger partial charge in [-0.1, -0.05) is 0 Å². The highest BCUT2D eigenvalue weighted by Gasteiger charge is 2.39. The number of fused-ring (bicyclic) bond motifs is 1. The Balaban J connectivity index is 1.69. The Bertz CT molecular complexity index is 1500. The summed E-state index contributed by atoms with van der Waals surface area (Å²) in [6, 6.07) is 7.12. The average molecular weight is 623 g/mol. The summed E-state index contributed by atoms with van der Waals surface area (Å²) in [6.45, 7) is -1.01. The Morgan fingerprint density at radius 2 is 1.72 bits per heavy atom. The van der Waals surface area contributed by atoms with Crippen molar-refractivity contribution in [3.63, 3.8) is 0 Å². The smallest absolute Gasteiger partial charge is 0.406 e. The fourth-order valence-corrected chi connectivity index (χ4v) is 4.43. The number of halogens is 9. The third-order valence-electron chi connectivity index (χ3n) is 5.32. The third kappa shape index (κ3) is 7.02. The highest BCUT2D eigenvalue weighted by atomic mass is 79.9. The van der Waals surface area contributed by atoms with Gasteiger partial charge in [0.2, 0.25) is 11.7 Å². The van der Waals surface area contributed by atoms with Gasteiger partial charge in [0, 0.05) is 22.8 Å². The van der Waals surface area contributed by atoms with Crippen molar-refractivity contribution in [3.8, 4) is 5.75 Å². The van der Waals surface area contributed by atoms with Crippen molar-refractivity contribution in [2.75, 3.05) is 0 Å². The monoisotopic (exact) mass is 622 g/mol. The molecule has 0 radical (unpaired) electrons. The molecule has 2 aromatic heterocycles. The van der Waals surface area contributed by atoms with Crippen LogP contribution < -0.4 is 10.1 Å². The number of hydrogen-bond donors (Lipinski definition) is 1. The number of ether oxygens (including phenoxy) is 1. The van der Waals surface area contributed by atoms with Crippen molar-refractivity contribution in [2.45, 2.75) is 31.5 Å². The number of amides is 1. The molecule has 1 atom stereocenters. The summed E-state index contributed by atoms with van der Waals surface area (Å²) < 4.78 is 111. The largest absolute Gasteiger partial charge is 0.573 e. The average Bonchev–Trinajstić information content (AvgIpc) is 3.15. The highest BCUT2D eigenvalue weighted by Crippen LogP contribution is 2.34. The second-order valence-electron chi connectivity index (χ2n) is 8.19. The first-order valence-corrected chi connectivity index (χ1v) is 11.7. The second-order valence-corrected chi connectivity index (χ2v) is 9.04. The summed E-state index contributed by atoms with van der Waals surface area (Å²) in [4.78, 5) is 20.6.